The van der Waals surface area contributed by atoms with Crippen LogP contribution >= 0.6 is 0 Å². The lowest BCUT2D eigenvalue weighted by molar-refractivity contribution is 0.419. The van der Waals surface area contributed by atoms with Crippen LogP contribution in [0.15, 0.2) is 59.5 Å². The lowest BCUT2D eigenvalue weighted by atomic mass is 9.96. The first kappa shape index (κ1) is 17.6. The molecule has 1 N–H and O–H groups in total. The molecule has 4 rings (SSSR count). The van der Waals surface area contributed by atoms with Crippen LogP contribution in [-0.4, -0.2) is 26.8 Å². The fraction of sp³-hybridized carbons (Fsp3) is 0.182. The molecule has 27 heavy (non-hydrogen) atoms. The Hall–Kier alpha value is -2.79. The number of benzene rings is 3. The minimum atomic E-state index is -3.23. The number of aryl methyl sites for hydroxylation is 1. The van der Waals surface area contributed by atoms with Crippen LogP contribution in [-0.2, 0) is 16.3 Å². The molecular weight excluding hydrogens is 358 g/mol. The average molecular weight is 379 g/mol. The molecule has 0 atom stereocenters. The number of aromatic nitrogens is 1. The Balaban J connectivity index is 1.85. The predicted molar refractivity (Wildman–Crippen MR) is 109 cm³/mol. The van der Waals surface area contributed by atoms with Crippen molar-refractivity contribution in [3.05, 3.63) is 71.4 Å². The number of hydrogen-bond donors (Lipinski definition) is 1. The third-order valence-corrected chi connectivity index (χ3v) is 6.19. The van der Waals surface area contributed by atoms with Crippen molar-refractivity contribution < 1.29 is 13.2 Å². The fourth-order valence-electron chi connectivity index (χ4n) is 3.68. The van der Waals surface area contributed by atoms with E-state index >= 15 is 0 Å². The molecule has 4 nitrogen and oxygen atoms in total. The highest BCUT2D eigenvalue weighted by molar-refractivity contribution is 7.90. The number of ether oxygens (including phenoxy) is 1. The minimum Gasteiger partial charge on any atom is -0.496 e. The maximum Gasteiger partial charge on any atom is 0.175 e. The van der Waals surface area contributed by atoms with Gasteiger partial charge in [0.25, 0.3) is 0 Å². The number of H-pyrrole nitrogens is 1. The van der Waals surface area contributed by atoms with Crippen molar-refractivity contribution in [1.29, 1.82) is 0 Å². The lowest BCUT2D eigenvalue weighted by Crippen LogP contribution is -1.96. The molecule has 5 heteroatoms. The lowest BCUT2D eigenvalue weighted by Gasteiger charge is -2.11. The standard InChI is InChI=1S/C22H21NO3S/c1-14-20(18-10-9-16(27(3,24)25)13-21(18)23-14)12-15-8-11-22(26-2)19-7-5-4-6-17(15)19/h4-11,13,23H,12H2,1-3H3. The number of nitrogens with one attached hydrogen (secondary N) is 1. The fourth-order valence-corrected chi connectivity index (χ4v) is 4.33. The molecule has 3 aromatic carbocycles. The van der Waals surface area contributed by atoms with E-state index in [0.29, 0.717) is 4.90 Å². The summed E-state index contributed by atoms with van der Waals surface area (Å²) in [7, 11) is -1.54. The van der Waals surface area contributed by atoms with Gasteiger partial charge in [-0.15, -0.1) is 0 Å². The molecule has 0 radical (unpaired) electrons. The molecule has 0 bridgehead atoms. The quantitative estimate of drug-likeness (QED) is 0.562. The van der Waals surface area contributed by atoms with Crippen molar-refractivity contribution in [1.82, 2.24) is 4.98 Å². The summed E-state index contributed by atoms with van der Waals surface area (Å²) >= 11 is 0. The van der Waals surface area contributed by atoms with Crippen molar-refractivity contribution in [2.24, 2.45) is 0 Å². The molecule has 0 aliphatic carbocycles. The maximum atomic E-state index is 11.8. The van der Waals surface area contributed by atoms with Crippen LogP contribution < -0.4 is 4.74 Å². The van der Waals surface area contributed by atoms with Crippen molar-refractivity contribution >= 4 is 31.5 Å². The second kappa shape index (κ2) is 6.43. The Morgan fingerprint density at radius 3 is 2.41 bits per heavy atom. The Kier molecular flexibility index (Phi) is 4.19. The van der Waals surface area contributed by atoms with Crippen LogP contribution in [0.3, 0.4) is 0 Å². The largest absolute Gasteiger partial charge is 0.496 e. The Bertz CT molecular complexity index is 1270. The SMILES string of the molecule is COc1ccc(Cc2c(C)[nH]c3cc(S(C)(=O)=O)ccc23)c2ccccc12. The average Bonchev–Trinajstić information content (AvgIpc) is 2.96. The van der Waals surface area contributed by atoms with Gasteiger partial charge in [-0.25, -0.2) is 8.42 Å². The van der Waals surface area contributed by atoms with E-state index in [1.54, 1.807) is 19.2 Å². The minimum absolute atomic E-state index is 0.331. The van der Waals surface area contributed by atoms with E-state index in [1.807, 2.05) is 31.2 Å². The van der Waals surface area contributed by atoms with Crippen LogP contribution in [0, 0.1) is 6.92 Å². The van der Waals surface area contributed by atoms with E-state index in [4.69, 9.17) is 4.74 Å². The number of sulfone groups is 1. The summed E-state index contributed by atoms with van der Waals surface area (Å²) in [5, 5.41) is 3.31. The van der Waals surface area contributed by atoms with E-state index in [1.165, 1.54) is 22.8 Å². The van der Waals surface area contributed by atoms with Gasteiger partial charge in [-0.05, 0) is 41.6 Å². The zero-order chi connectivity index (χ0) is 19.2. The van der Waals surface area contributed by atoms with Crippen LogP contribution in [0.1, 0.15) is 16.8 Å². The molecule has 0 saturated heterocycles. The van der Waals surface area contributed by atoms with Crippen LogP contribution in [0.2, 0.25) is 0 Å². The van der Waals surface area contributed by atoms with Gasteiger partial charge < -0.3 is 9.72 Å². The number of methoxy groups -OCH3 is 1. The van der Waals surface area contributed by atoms with E-state index in [0.717, 1.165) is 34.2 Å². The molecule has 0 saturated carbocycles. The maximum absolute atomic E-state index is 11.8. The number of hydrogen-bond acceptors (Lipinski definition) is 3. The predicted octanol–water partition coefficient (Wildman–Crippen LogP) is 4.63. The highest BCUT2D eigenvalue weighted by Crippen LogP contribution is 2.32. The van der Waals surface area contributed by atoms with Gasteiger partial charge in [-0.2, -0.15) is 0 Å². The van der Waals surface area contributed by atoms with E-state index < -0.39 is 9.84 Å². The summed E-state index contributed by atoms with van der Waals surface area (Å²) in [6, 6.07) is 17.6. The van der Waals surface area contributed by atoms with Gasteiger partial charge in [0.05, 0.1) is 12.0 Å². The molecule has 0 spiro atoms. The third-order valence-electron chi connectivity index (χ3n) is 5.08. The molecular formula is C22H21NO3S. The zero-order valence-electron chi connectivity index (χ0n) is 15.5. The summed E-state index contributed by atoms with van der Waals surface area (Å²) in [5.74, 6) is 0.864. The molecule has 0 aliphatic heterocycles. The summed E-state index contributed by atoms with van der Waals surface area (Å²) in [5.41, 5.74) is 4.29. The summed E-state index contributed by atoms with van der Waals surface area (Å²) < 4.78 is 29.2. The summed E-state index contributed by atoms with van der Waals surface area (Å²) in [6.45, 7) is 2.03. The molecule has 1 aromatic heterocycles. The highest BCUT2D eigenvalue weighted by Gasteiger charge is 2.15. The zero-order valence-corrected chi connectivity index (χ0v) is 16.4. The van der Waals surface area contributed by atoms with Crippen LogP contribution in [0.4, 0.5) is 0 Å². The van der Waals surface area contributed by atoms with E-state index in [-0.39, 0.29) is 0 Å². The smallest absolute Gasteiger partial charge is 0.175 e. The molecule has 4 aromatic rings. The number of rotatable bonds is 4. The monoisotopic (exact) mass is 379 g/mol. The van der Waals surface area contributed by atoms with E-state index in [9.17, 15) is 8.42 Å². The van der Waals surface area contributed by atoms with Crippen molar-refractivity contribution in [3.8, 4) is 5.75 Å². The number of fused-ring (bicyclic) bond motifs is 2. The van der Waals surface area contributed by atoms with Gasteiger partial charge in [-0.3, -0.25) is 0 Å². The van der Waals surface area contributed by atoms with Gasteiger partial charge in [0, 0.05) is 34.7 Å². The van der Waals surface area contributed by atoms with Gasteiger partial charge in [-0.1, -0.05) is 36.4 Å². The second-order valence-corrected chi connectivity index (χ2v) is 8.87. The Morgan fingerprint density at radius 2 is 1.70 bits per heavy atom. The first-order chi connectivity index (χ1) is 12.9. The molecule has 0 amide bonds. The Morgan fingerprint density at radius 1 is 0.963 bits per heavy atom. The van der Waals surface area contributed by atoms with Gasteiger partial charge in [0.15, 0.2) is 9.84 Å². The normalized spacial score (nSPS) is 12.0. The van der Waals surface area contributed by atoms with Gasteiger partial charge >= 0.3 is 0 Å². The third kappa shape index (κ3) is 3.08. The topological polar surface area (TPSA) is 59.2 Å². The first-order valence-corrected chi connectivity index (χ1v) is 10.6. The van der Waals surface area contributed by atoms with Crippen LogP contribution in [0.5, 0.6) is 5.75 Å². The van der Waals surface area contributed by atoms with Crippen LogP contribution in [0.25, 0.3) is 21.7 Å². The van der Waals surface area contributed by atoms with Crippen molar-refractivity contribution in [2.75, 3.05) is 13.4 Å². The number of aromatic amines is 1. The molecule has 1 heterocycles. The first-order valence-electron chi connectivity index (χ1n) is 8.74. The summed E-state index contributed by atoms with van der Waals surface area (Å²) in [4.78, 5) is 3.67. The summed E-state index contributed by atoms with van der Waals surface area (Å²) in [6.07, 6.45) is 1.99. The molecule has 138 valence electrons. The highest BCUT2D eigenvalue weighted by atomic mass is 32.2. The van der Waals surface area contributed by atoms with E-state index in [2.05, 4.69) is 23.2 Å². The van der Waals surface area contributed by atoms with Gasteiger partial charge in [0.1, 0.15) is 5.75 Å². The van der Waals surface area contributed by atoms with Crippen molar-refractivity contribution in [3.63, 3.8) is 0 Å². The van der Waals surface area contributed by atoms with Crippen molar-refractivity contribution in [2.45, 2.75) is 18.2 Å². The molecule has 0 unspecified atom stereocenters. The van der Waals surface area contributed by atoms with Gasteiger partial charge in [0.2, 0.25) is 0 Å². The second-order valence-electron chi connectivity index (χ2n) is 6.86. The molecule has 0 fully saturated rings. The Labute approximate surface area is 158 Å². The molecule has 0 aliphatic rings.